The van der Waals surface area contributed by atoms with Crippen LogP contribution >= 0.6 is 23.2 Å². The second-order valence-corrected chi connectivity index (χ2v) is 8.00. The Balaban J connectivity index is 1.55. The van der Waals surface area contributed by atoms with E-state index in [1.165, 1.54) is 6.07 Å². The number of aromatic amines is 1. The Labute approximate surface area is 189 Å². The Bertz CT molecular complexity index is 1220. The number of halogens is 3. The minimum absolute atomic E-state index is 0.141. The first-order valence-corrected chi connectivity index (χ1v) is 10.6. The maximum atomic E-state index is 14.3. The molecule has 1 heterocycles. The number of carbonyl (C=O) groups is 1. The number of carbonyl (C=O) groups excluding carboxylic acids is 1. The van der Waals surface area contributed by atoms with Crippen LogP contribution in [0.4, 0.5) is 14.9 Å². The number of amides is 2. The van der Waals surface area contributed by atoms with Crippen LogP contribution < -0.4 is 5.32 Å². The second-order valence-electron chi connectivity index (χ2n) is 7.18. The molecular formula is C24H20Cl2FN3O. The molecule has 4 rings (SSSR count). The Morgan fingerprint density at radius 3 is 2.55 bits per heavy atom. The topological polar surface area (TPSA) is 48.1 Å². The van der Waals surface area contributed by atoms with Gasteiger partial charge in [-0.2, -0.15) is 0 Å². The quantitative estimate of drug-likeness (QED) is 0.326. The predicted octanol–water partition coefficient (Wildman–Crippen LogP) is 6.89. The Morgan fingerprint density at radius 1 is 0.968 bits per heavy atom. The van der Waals surface area contributed by atoms with Crippen molar-refractivity contribution < 1.29 is 9.18 Å². The molecule has 0 unspecified atom stereocenters. The highest BCUT2D eigenvalue weighted by Crippen LogP contribution is 2.25. The molecule has 3 aromatic carbocycles. The molecule has 7 heteroatoms. The van der Waals surface area contributed by atoms with Crippen molar-refractivity contribution in [1.29, 1.82) is 0 Å². The zero-order chi connectivity index (χ0) is 21.8. The van der Waals surface area contributed by atoms with Crippen LogP contribution in [0.15, 0.2) is 72.9 Å². The lowest BCUT2D eigenvalue weighted by Gasteiger charge is -2.23. The number of benzene rings is 3. The van der Waals surface area contributed by atoms with Crippen molar-refractivity contribution in [1.82, 2.24) is 9.88 Å². The summed E-state index contributed by atoms with van der Waals surface area (Å²) < 4.78 is 14.3. The Kier molecular flexibility index (Phi) is 6.44. The number of H-pyrrole nitrogens is 1. The average molecular weight is 456 g/mol. The lowest BCUT2D eigenvalue weighted by molar-refractivity contribution is 0.209. The molecule has 4 nitrogen and oxygen atoms in total. The molecule has 1 aromatic heterocycles. The number of urea groups is 1. The van der Waals surface area contributed by atoms with E-state index in [4.69, 9.17) is 23.2 Å². The van der Waals surface area contributed by atoms with Gasteiger partial charge in [0, 0.05) is 34.9 Å². The second kappa shape index (κ2) is 9.41. The molecule has 0 aliphatic carbocycles. The summed E-state index contributed by atoms with van der Waals surface area (Å²) in [6.45, 7) is 0.547. The molecule has 0 fully saturated rings. The van der Waals surface area contributed by atoms with Gasteiger partial charge < -0.3 is 15.2 Å². The lowest BCUT2D eigenvalue weighted by Crippen LogP contribution is -2.36. The van der Waals surface area contributed by atoms with E-state index in [9.17, 15) is 9.18 Å². The molecule has 0 aliphatic heterocycles. The van der Waals surface area contributed by atoms with E-state index in [-0.39, 0.29) is 18.4 Å². The van der Waals surface area contributed by atoms with E-state index in [1.54, 1.807) is 41.3 Å². The first-order chi connectivity index (χ1) is 15.0. The van der Waals surface area contributed by atoms with Crippen LogP contribution in [0.25, 0.3) is 10.9 Å². The third kappa shape index (κ3) is 5.01. The number of para-hydroxylation sites is 1. The van der Waals surface area contributed by atoms with E-state index in [0.717, 1.165) is 16.5 Å². The summed E-state index contributed by atoms with van der Waals surface area (Å²) in [6.07, 6.45) is 2.57. The largest absolute Gasteiger partial charge is 0.361 e. The summed E-state index contributed by atoms with van der Waals surface area (Å²) >= 11 is 12.0. The fraction of sp³-hybridized carbons (Fsp3) is 0.125. The molecule has 2 amide bonds. The normalized spacial score (nSPS) is 10.9. The van der Waals surface area contributed by atoms with Crippen molar-refractivity contribution in [3.8, 4) is 0 Å². The van der Waals surface area contributed by atoms with Gasteiger partial charge in [-0.3, -0.25) is 0 Å². The molecule has 0 saturated carbocycles. The van der Waals surface area contributed by atoms with Gasteiger partial charge in [-0.15, -0.1) is 0 Å². The van der Waals surface area contributed by atoms with Gasteiger partial charge in [0.1, 0.15) is 5.82 Å². The fourth-order valence-electron chi connectivity index (χ4n) is 3.45. The van der Waals surface area contributed by atoms with Crippen molar-refractivity contribution in [2.45, 2.75) is 13.0 Å². The lowest BCUT2D eigenvalue weighted by atomic mass is 10.1. The minimum atomic E-state index is -0.346. The molecule has 0 saturated heterocycles. The third-order valence-corrected chi connectivity index (χ3v) is 5.84. The van der Waals surface area contributed by atoms with Crippen molar-refractivity contribution in [2.24, 2.45) is 0 Å². The molecule has 31 heavy (non-hydrogen) atoms. The van der Waals surface area contributed by atoms with Gasteiger partial charge >= 0.3 is 6.03 Å². The van der Waals surface area contributed by atoms with E-state index in [2.05, 4.69) is 10.3 Å². The molecule has 0 bridgehead atoms. The molecular weight excluding hydrogens is 436 g/mol. The van der Waals surface area contributed by atoms with Gasteiger partial charge in [-0.25, -0.2) is 9.18 Å². The van der Waals surface area contributed by atoms with E-state index >= 15 is 0 Å². The zero-order valence-electron chi connectivity index (χ0n) is 16.5. The highest BCUT2D eigenvalue weighted by Gasteiger charge is 2.17. The predicted molar refractivity (Wildman–Crippen MR) is 124 cm³/mol. The van der Waals surface area contributed by atoms with Crippen LogP contribution in [0.3, 0.4) is 0 Å². The smallest absolute Gasteiger partial charge is 0.322 e. The number of nitrogens with zero attached hydrogens (tertiary/aromatic N) is 1. The number of nitrogens with one attached hydrogen (secondary N) is 2. The number of anilines is 1. The molecule has 158 valence electrons. The Morgan fingerprint density at radius 2 is 1.74 bits per heavy atom. The minimum Gasteiger partial charge on any atom is -0.361 e. The Hall–Kier alpha value is -3.02. The van der Waals surface area contributed by atoms with Gasteiger partial charge in [0.25, 0.3) is 0 Å². The van der Waals surface area contributed by atoms with E-state index in [0.29, 0.717) is 34.3 Å². The summed E-state index contributed by atoms with van der Waals surface area (Å²) in [4.78, 5) is 17.9. The number of rotatable bonds is 6. The third-order valence-electron chi connectivity index (χ3n) is 5.10. The first kappa shape index (κ1) is 21.2. The first-order valence-electron chi connectivity index (χ1n) is 9.80. The average Bonchev–Trinajstić information content (AvgIpc) is 3.18. The van der Waals surface area contributed by atoms with Gasteiger partial charge in [0.2, 0.25) is 0 Å². The van der Waals surface area contributed by atoms with Crippen LogP contribution in [0.2, 0.25) is 10.0 Å². The number of hydrogen-bond donors (Lipinski definition) is 2. The molecule has 2 N–H and O–H groups in total. The van der Waals surface area contributed by atoms with Gasteiger partial charge in [0.15, 0.2) is 0 Å². The van der Waals surface area contributed by atoms with Crippen molar-refractivity contribution in [3.05, 3.63) is 99.9 Å². The highest BCUT2D eigenvalue weighted by atomic mass is 35.5. The van der Waals surface area contributed by atoms with Crippen LogP contribution in [-0.4, -0.2) is 22.5 Å². The van der Waals surface area contributed by atoms with E-state index < -0.39 is 0 Å². The summed E-state index contributed by atoms with van der Waals surface area (Å²) in [5, 5.41) is 4.69. The van der Waals surface area contributed by atoms with Gasteiger partial charge in [0.05, 0.1) is 16.6 Å². The zero-order valence-corrected chi connectivity index (χ0v) is 18.1. The van der Waals surface area contributed by atoms with Gasteiger partial charge in [-0.05, 0) is 42.3 Å². The fourth-order valence-corrected chi connectivity index (χ4v) is 3.75. The molecule has 0 spiro atoms. The van der Waals surface area contributed by atoms with Crippen LogP contribution in [0, 0.1) is 5.82 Å². The summed E-state index contributed by atoms with van der Waals surface area (Å²) in [5.74, 6) is -0.345. The maximum absolute atomic E-state index is 14.3. The monoisotopic (exact) mass is 455 g/mol. The highest BCUT2D eigenvalue weighted by molar-refractivity contribution is 6.42. The van der Waals surface area contributed by atoms with Crippen molar-refractivity contribution in [3.63, 3.8) is 0 Å². The molecule has 0 atom stereocenters. The summed E-state index contributed by atoms with van der Waals surface area (Å²) in [6, 6.07) is 19.0. The molecule has 0 radical (unpaired) electrons. The van der Waals surface area contributed by atoms with Crippen LogP contribution in [0.1, 0.15) is 11.1 Å². The molecule has 0 aliphatic rings. The van der Waals surface area contributed by atoms with Crippen molar-refractivity contribution in [2.75, 3.05) is 11.9 Å². The SMILES string of the molecule is O=C(Nc1ccc(Cl)c(Cl)c1)N(CCc1c[nH]c2ccccc12)Cc1ccccc1F. The maximum Gasteiger partial charge on any atom is 0.322 e. The number of fused-ring (bicyclic) bond motifs is 1. The standard InChI is InChI=1S/C24H20Cl2FN3O/c25-20-10-9-18(13-21(20)26)29-24(31)30(15-17-5-1-3-7-22(17)27)12-11-16-14-28-23-8-4-2-6-19(16)23/h1-10,13-14,28H,11-12,15H2,(H,29,31). The number of aromatic nitrogens is 1. The summed E-state index contributed by atoms with van der Waals surface area (Å²) in [7, 11) is 0. The van der Waals surface area contributed by atoms with Crippen molar-refractivity contribution >= 4 is 45.8 Å². The van der Waals surface area contributed by atoms with Crippen LogP contribution in [0.5, 0.6) is 0 Å². The van der Waals surface area contributed by atoms with Gasteiger partial charge in [-0.1, -0.05) is 59.6 Å². The number of hydrogen-bond acceptors (Lipinski definition) is 1. The summed E-state index contributed by atoms with van der Waals surface area (Å²) in [5.41, 5.74) is 3.10. The van der Waals surface area contributed by atoms with E-state index in [1.807, 2.05) is 30.5 Å². The molecule has 4 aromatic rings. The van der Waals surface area contributed by atoms with Crippen LogP contribution in [-0.2, 0) is 13.0 Å².